The Hall–Kier alpha value is -0.900. The third-order valence-corrected chi connectivity index (χ3v) is 3.14. The van der Waals surface area contributed by atoms with Crippen LogP contribution >= 0.6 is 0 Å². The Morgan fingerprint density at radius 2 is 2.06 bits per heavy atom. The SMILES string of the molecule is CCC(=O)C(=O)N1CCCCCC1CNC. The van der Waals surface area contributed by atoms with Crippen molar-refractivity contribution in [1.29, 1.82) is 0 Å². The van der Waals surface area contributed by atoms with Gasteiger partial charge in [0.05, 0.1) is 0 Å². The number of nitrogens with zero attached hydrogens (tertiary/aromatic N) is 1. The average Bonchev–Trinajstić information content (AvgIpc) is 2.53. The maximum Gasteiger partial charge on any atom is 0.290 e. The summed E-state index contributed by atoms with van der Waals surface area (Å²) in [5, 5.41) is 3.10. The number of hydrogen-bond donors (Lipinski definition) is 1. The van der Waals surface area contributed by atoms with Crippen molar-refractivity contribution in [1.82, 2.24) is 10.2 Å². The summed E-state index contributed by atoms with van der Waals surface area (Å²) in [6.45, 7) is 3.25. The molecule has 0 aromatic carbocycles. The second kappa shape index (κ2) is 6.63. The Morgan fingerprint density at radius 1 is 1.31 bits per heavy atom. The van der Waals surface area contributed by atoms with Gasteiger partial charge in [0.25, 0.3) is 5.91 Å². The number of carbonyl (C=O) groups is 2. The van der Waals surface area contributed by atoms with E-state index in [0.717, 1.165) is 38.8 Å². The lowest BCUT2D eigenvalue weighted by Crippen LogP contribution is -2.47. The first kappa shape index (κ1) is 13.2. The number of ketones is 1. The summed E-state index contributed by atoms with van der Waals surface area (Å²) in [5.41, 5.74) is 0. The molecule has 0 aliphatic carbocycles. The van der Waals surface area contributed by atoms with Gasteiger partial charge in [0.15, 0.2) is 0 Å². The molecule has 0 saturated carbocycles. The highest BCUT2D eigenvalue weighted by molar-refractivity contribution is 6.36. The normalized spacial score (nSPS) is 21.6. The zero-order valence-corrected chi connectivity index (χ0v) is 10.3. The van der Waals surface area contributed by atoms with Gasteiger partial charge in [-0.05, 0) is 19.9 Å². The van der Waals surface area contributed by atoms with E-state index in [1.165, 1.54) is 0 Å². The van der Waals surface area contributed by atoms with E-state index in [2.05, 4.69) is 5.32 Å². The fourth-order valence-electron chi connectivity index (χ4n) is 2.20. The van der Waals surface area contributed by atoms with Crippen LogP contribution in [-0.4, -0.2) is 42.8 Å². The first-order chi connectivity index (χ1) is 7.70. The number of nitrogens with one attached hydrogen (secondary N) is 1. The maximum atomic E-state index is 11.9. The molecular formula is C12H22N2O2. The van der Waals surface area contributed by atoms with E-state index in [4.69, 9.17) is 0 Å². The van der Waals surface area contributed by atoms with Crippen molar-refractivity contribution >= 4 is 11.7 Å². The van der Waals surface area contributed by atoms with Crippen LogP contribution in [0.1, 0.15) is 39.0 Å². The minimum absolute atomic E-state index is 0.190. The largest absolute Gasteiger partial charge is 0.332 e. The molecule has 92 valence electrons. The zero-order chi connectivity index (χ0) is 12.0. The number of likely N-dealkylation sites (tertiary alicyclic amines) is 1. The fraction of sp³-hybridized carbons (Fsp3) is 0.833. The van der Waals surface area contributed by atoms with Gasteiger partial charge in [-0.1, -0.05) is 19.8 Å². The van der Waals surface area contributed by atoms with Crippen LogP contribution in [0, 0.1) is 0 Å². The lowest BCUT2D eigenvalue weighted by molar-refractivity contribution is -0.146. The second-order valence-corrected chi connectivity index (χ2v) is 4.34. The summed E-state index contributed by atoms with van der Waals surface area (Å²) >= 11 is 0. The topological polar surface area (TPSA) is 49.4 Å². The summed E-state index contributed by atoms with van der Waals surface area (Å²) in [5.74, 6) is -0.548. The van der Waals surface area contributed by atoms with Crippen molar-refractivity contribution in [3.8, 4) is 0 Å². The highest BCUT2D eigenvalue weighted by Crippen LogP contribution is 2.17. The molecule has 1 unspecified atom stereocenters. The number of hydrogen-bond acceptors (Lipinski definition) is 3. The maximum absolute atomic E-state index is 11.9. The van der Waals surface area contributed by atoms with Crippen molar-refractivity contribution < 1.29 is 9.59 Å². The highest BCUT2D eigenvalue weighted by Gasteiger charge is 2.27. The van der Waals surface area contributed by atoms with Crippen LogP contribution in [0.25, 0.3) is 0 Å². The Kier molecular flexibility index (Phi) is 5.46. The van der Waals surface area contributed by atoms with Crippen LogP contribution in [0.2, 0.25) is 0 Å². The second-order valence-electron chi connectivity index (χ2n) is 4.34. The smallest absolute Gasteiger partial charge is 0.290 e. The van der Waals surface area contributed by atoms with Crippen molar-refractivity contribution in [2.24, 2.45) is 0 Å². The molecule has 4 heteroatoms. The molecule has 0 aromatic rings. The predicted octanol–water partition coefficient (Wildman–Crippen LogP) is 0.956. The van der Waals surface area contributed by atoms with E-state index in [9.17, 15) is 9.59 Å². The Bertz CT molecular complexity index is 253. The van der Waals surface area contributed by atoms with E-state index in [1.54, 1.807) is 11.8 Å². The Balaban J connectivity index is 2.70. The molecule has 1 rings (SSSR count). The van der Waals surface area contributed by atoms with Gasteiger partial charge in [-0.25, -0.2) is 0 Å². The summed E-state index contributed by atoms with van der Waals surface area (Å²) in [6, 6.07) is 0.190. The number of likely N-dealkylation sites (N-methyl/N-ethyl adjacent to an activating group) is 1. The lowest BCUT2D eigenvalue weighted by Gasteiger charge is -2.29. The summed E-state index contributed by atoms with van der Waals surface area (Å²) in [6.07, 6.45) is 4.63. The summed E-state index contributed by atoms with van der Waals surface area (Å²) in [4.78, 5) is 25.2. The fourth-order valence-corrected chi connectivity index (χ4v) is 2.20. The molecule has 0 bridgehead atoms. The van der Waals surface area contributed by atoms with Gasteiger partial charge in [-0.3, -0.25) is 9.59 Å². The summed E-state index contributed by atoms with van der Waals surface area (Å²) in [7, 11) is 1.88. The van der Waals surface area contributed by atoms with E-state index in [0.29, 0.717) is 6.42 Å². The lowest BCUT2D eigenvalue weighted by atomic mass is 10.1. The number of carbonyl (C=O) groups excluding carboxylic acids is 2. The molecule has 1 atom stereocenters. The molecule has 1 fully saturated rings. The third kappa shape index (κ3) is 3.30. The molecule has 4 nitrogen and oxygen atoms in total. The summed E-state index contributed by atoms with van der Waals surface area (Å²) < 4.78 is 0. The number of Topliss-reactive ketones (excluding diaryl/α,β-unsaturated/α-hetero) is 1. The standard InChI is InChI=1S/C12H22N2O2/c1-3-11(15)12(16)14-8-6-4-5-7-10(14)9-13-2/h10,13H,3-9H2,1-2H3. The first-order valence-corrected chi connectivity index (χ1v) is 6.19. The molecule has 0 aromatic heterocycles. The van der Waals surface area contributed by atoms with Crippen LogP contribution in [0.4, 0.5) is 0 Å². The molecule has 1 N–H and O–H groups in total. The molecule has 16 heavy (non-hydrogen) atoms. The van der Waals surface area contributed by atoms with Gasteiger partial charge >= 0.3 is 0 Å². The van der Waals surface area contributed by atoms with E-state index >= 15 is 0 Å². The first-order valence-electron chi connectivity index (χ1n) is 6.19. The molecule has 0 spiro atoms. The van der Waals surface area contributed by atoms with Gasteiger partial charge in [-0.15, -0.1) is 0 Å². The number of amides is 1. The van der Waals surface area contributed by atoms with Crippen LogP contribution in [0.5, 0.6) is 0 Å². The molecule has 1 aliphatic heterocycles. The predicted molar refractivity (Wildman–Crippen MR) is 63.2 cm³/mol. The molecule has 1 saturated heterocycles. The van der Waals surface area contributed by atoms with Crippen LogP contribution in [-0.2, 0) is 9.59 Å². The van der Waals surface area contributed by atoms with Gasteiger partial charge in [-0.2, -0.15) is 0 Å². The van der Waals surface area contributed by atoms with Crippen molar-refractivity contribution in [3.05, 3.63) is 0 Å². The Morgan fingerprint density at radius 3 is 2.69 bits per heavy atom. The average molecular weight is 226 g/mol. The van der Waals surface area contributed by atoms with E-state index in [1.807, 2.05) is 7.05 Å². The molecule has 1 heterocycles. The molecule has 0 radical (unpaired) electrons. The monoisotopic (exact) mass is 226 g/mol. The molecule has 1 aliphatic rings. The van der Waals surface area contributed by atoms with E-state index < -0.39 is 0 Å². The number of rotatable bonds is 4. The van der Waals surface area contributed by atoms with Gasteiger partial charge in [0.2, 0.25) is 5.78 Å². The van der Waals surface area contributed by atoms with Crippen molar-refractivity contribution in [2.75, 3.05) is 20.1 Å². The van der Waals surface area contributed by atoms with Crippen LogP contribution < -0.4 is 5.32 Å². The van der Waals surface area contributed by atoms with Gasteiger partial charge in [0.1, 0.15) is 0 Å². The zero-order valence-electron chi connectivity index (χ0n) is 10.3. The van der Waals surface area contributed by atoms with Gasteiger partial charge < -0.3 is 10.2 Å². The van der Waals surface area contributed by atoms with Crippen molar-refractivity contribution in [2.45, 2.75) is 45.1 Å². The van der Waals surface area contributed by atoms with Crippen LogP contribution in [0.15, 0.2) is 0 Å². The highest BCUT2D eigenvalue weighted by atomic mass is 16.2. The minimum Gasteiger partial charge on any atom is -0.332 e. The Labute approximate surface area is 97.4 Å². The van der Waals surface area contributed by atoms with E-state index in [-0.39, 0.29) is 17.7 Å². The minimum atomic E-state index is -0.287. The van der Waals surface area contributed by atoms with Crippen molar-refractivity contribution in [3.63, 3.8) is 0 Å². The molecule has 1 amide bonds. The van der Waals surface area contributed by atoms with Crippen LogP contribution in [0.3, 0.4) is 0 Å². The third-order valence-electron chi connectivity index (χ3n) is 3.14. The quantitative estimate of drug-likeness (QED) is 0.726. The van der Waals surface area contributed by atoms with Gasteiger partial charge in [0, 0.05) is 25.6 Å². The molecular weight excluding hydrogens is 204 g/mol.